The van der Waals surface area contributed by atoms with E-state index in [9.17, 15) is 19.2 Å². The number of aryl methyl sites for hydroxylation is 1. The molecule has 9 nitrogen and oxygen atoms in total. The molecule has 38 heavy (non-hydrogen) atoms. The first-order valence-electron chi connectivity index (χ1n) is 13.3. The standard InChI is InChI=1S/C27H37N5O4S2/c1-17-6-8-18(9-7-17)24(33)32(22-16-20(14-15-27(2,3)4)37-23(22)25(34)35)19-10-12-21(13-11-19)38(36)26-28-29-30-31(26)5/h16-19,21H,6-13H2,1-5H3,(H,34,35)/t17-,18-,19-,21-,38?. The van der Waals surface area contributed by atoms with Crippen molar-refractivity contribution in [3.05, 3.63) is 15.8 Å². The average Bonchev–Trinajstić information content (AvgIpc) is 3.49. The molecule has 1 amide bonds. The van der Waals surface area contributed by atoms with Crippen LogP contribution in [0.4, 0.5) is 5.69 Å². The molecule has 2 aromatic heterocycles. The van der Waals surface area contributed by atoms with E-state index >= 15 is 0 Å². The molecule has 4 rings (SSSR count). The summed E-state index contributed by atoms with van der Waals surface area (Å²) in [5.41, 5.74) is 0.222. The first-order valence-corrected chi connectivity index (χ1v) is 15.3. The van der Waals surface area contributed by atoms with Gasteiger partial charge in [-0.1, -0.05) is 23.9 Å². The average molecular weight is 560 g/mol. The van der Waals surface area contributed by atoms with Gasteiger partial charge in [0.25, 0.3) is 0 Å². The highest BCUT2D eigenvalue weighted by molar-refractivity contribution is 7.91. The molecule has 0 spiro atoms. The number of rotatable bonds is 6. The van der Waals surface area contributed by atoms with Crippen molar-refractivity contribution in [2.24, 2.45) is 24.3 Å². The van der Waals surface area contributed by atoms with E-state index < -0.39 is 17.1 Å². The molecule has 2 aliphatic rings. The van der Waals surface area contributed by atoms with E-state index in [0.717, 1.165) is 37.0 Å². The Balaban J connectivity index is 1.63. The molecular formula is C27H37N5O4S2. The van der Waals surface area contributed by atoms with Gasteiger partial charge in [0, 0.05) is 35.6 Å². The zero-order valence-corrected chi connectivity index (χ0v) is 24.4. The minimum absolute atomic E-state index is 0.00889. The molecule has 11 heteroatoms. The summed E-state index contributed by atoms with van der Waals surface area (Å²) < 4.78 is 14.6. The fraction of sp³-hybridized carbons (Fsp3) is 0.667. The van der Waals surface area contributed by atoms with Crippen molar-refractivity contribution in [1.82, 2.24) is 20.2 Å². The van der Waals surface area contributed by atoms with Gasteiger partial charge < -0.3 is 14.6 Å². The van der Waals surface area contributed by atoms with Crippen LogP contribution < -0.4 is 4.90 Å². The molecule has 2 aliphatic carbocycles. The Kier molecular flexibility index (Phi) is 8.85. The maximum Gasteiger partial charge on any atom is 0.361 e. The van der Waals surface area contributed by atoms with Gasteiger partial charge in [0.15, 0.2) is 0 Å². The Labute approximate surface area is 231 Å². The summed E-state index contributed by atoms with van der Waals surface area (Å²) in [5.74, 6) is 5.76. The topological polar surface area (TPSA) is 124 Å². The number of hydrogen-bond acceptors (Lipinski definition) is 7. The minimum Gasteiger partial charge on any atom is -0.609 e. The van der Waals surface area contributed by atoms with Crippen LogP contribution in [0.25, 0.3) is 0 Å². The number of carboxylic acids is 1. The third-order valence-electron chi connectivity index (χ3n) is 7.40. The second-order valence-electron chi connectivity index (χ2n) is 11.6. The van der Waals surface area contributed by atoms with E-state index in [1.807, 2.05) is 20.8 Å². The van der Waals surface area contributed by atoms with E-state index in [4.69, 9.17) is 0 Å². The van der Waals surface area contributed by atoms with E-state index in [0.29, 0.717) is 47.3 Å². The summed E-state index contributed by atoms with van der Waals surface area (Å²) in [7, 11) is 1.68. The van der Waals surface area contributed by atoms with Crippen LogP contribution in [0.1, 0.15) is 93.6 Å². The van der Waals surface area contributed by atoms with Crippen molar-refractivity contribution in [3.63, 3.8) is 0 Å². The molecule has 2 fully saturated rings. The SMILES string of the molecule is Cn1nnnc1[S+]([O-])[C@H]1CC[C@H](N(c2cc(C#CC(C)(C)C)sc2C(=O)O)C(=O)[C@H]2CC[C@H](C)CC2)CC1. The van der Waals surface area contributed by atoms with Gasteiger partial charge in [-0.2, -0.15) is 4.68 Å². The van der Waals surface area contributed by atoms with Crippen molar-refractivity contribution in [2.75, 3.05) is 4.90 Å². The number of hydrogen-bond donors (Lipinski definition) is 1. The lowest BCUT2D eigenvalue weighted by Crippen LogP contribution is -2.47. The second kappa shape index (κ2) is 11.8. The number of anilines is 1. The van der Waals surface area contributed by atoms with Crippen LogP contribution in [-0.2, 0) is 23.0 Å². The summed E-state index contributed by atoms with van der Waals surface area (Å²) in [6.45, 7) is 8.23. The zero-order chi connectivity index (χ0) is 27.6. The summed E-state index contributed by atoms with van der Waals surface area (Å²) >= 11 is -0.218. The zero-order valence-electron chi connectivity index (χ0n) is 22.8. The minimum atomic E-state index is -1.35. The molecule has 0 saturated heterocycles. The molecule has 0 radical (unpaired) electrons. The molecule has 1 atom stereocenters. The Bertz CT molecular complexity index is 1210. The molecule has 0 bridgehead atoms. The van der Waals surface area contributed by atoms with E-state index in [2.05, 4.69) is 34.3 Å². The number of carbonyl (C=O) groups is 2. The van der Waals surface area contributed by atoms with Gasteiger partial charge in [0.2, 0.25) is 5.91 Å². The van der Waals surface area contributed by atoms with Crippen molar-refractivity contribution in [2.45, 2.75) is 95.5 Å². The van der Waals surface area contributed by atoms with Gasteiger partial charge in [-0.05, 0) is 94.5 Å². The highest BCUT2D eigenvalue weighted by Crippen LogP contribution is 2.40. The normalized spacial score (nSPS) is 24.8. The smallest absolute Gasteiger partial charge is 0.361 e. The van der Waals surface area contributed by atoms with Gasteiger partial charge >= 0.3 is 11.1 Å². The summed E-state index contributed by atoms with van der Waals surface area (Å²) in [4.78, 5) is 29.0. The second-order valence-corrected chi connectivity index (χ2v) is 14.3. The number of aromatic nitrogens is 4. The van der Waals surface area contributed by atoms with Crippen molar-refractivity contribution >= 4 is 40.1 Å². The van der Waals surface area contributed by atoms with E-state index in [1.54, 1.807) is 18.0 Å². The van der Waals surface area contributed by atoms with Crippen LogP contribution in [0.5, 0.6) is 0 Å². The molecule has 2 aromatic rings. The predicted octanol–water partition coefficient (Wildman–Crippen LogP) is 4.65. The Morgan fingerprint density at radius 2 is 1.82 bits per heavy atom. The number of carbonyl (C=O) groups excluding carboxylic acids is 1. The van der Waals surface area contributed by atoms with Crippen LogP contribution in [0.15, 0.2) is 11.2 Å². The molecule has 2 heterocycles. The van der Waals surface area contributed by atoms with Gasteiger partial charge in [-0.25, -0.2) is 4.79 Å². The molecular weight excluding hydrogens is 522 g/mol. The Morgan fingerprint density at radius 3 is 2.37 bits per heavy atom. The molecule has 0 aliphatic heterocycles. The maximum absolute atomic E-state index is 14.1. The van der Waals surface area contributed by atoms with Crippen LogP contribution in [0, 0.1) is 29.1 Å². The molecule has 206 valence electrons. The number of tetrazole rings is 1. The van der Waals surface area contributed by atoms with E-state index in [-0.39, 0.29) is 33.4 Å². The van der Waals surface area contributed by atoms with Gasteiger partial charge in [-0.15, -0.1) is 11.3 Å². The first kappa shape index (κ1) is 28.6. The third-order valence-corrected chi connectivity index (χ3v) is 10.2. The quantitative estimate of drug-likeness (QED) is 0.404. The van der Waals surface area contributed by atoms with Gasteiger partial charge in [0.05, 0.1) is 10.6 Å². The fourth-order valence-electron chi connectivity index (χ4n) is 5.28. The van der Waals surface area contributed by atoms with Crippen molar-refractivity contribution < 1.29 is 19.2 Å². The van der Waals surface area contributed by atoms with Crippen LogP contribution in [0.3, 0.4) is 0 Å². The summed E-state index contributed by atoms with van der Waals surface area (Å²) in [5, 5.41) is 21.7. The van der Waals surface area contributed by atoms with Crippen LogP contribution in [0.2, 0.25) is 0 Å². The van der Waals surface area contributed by atoms with Gasteiger partial charge in [-0.3, -0.25) is 4.79 Å². The summed E-state index contributed by atoms with van der Waals surface area (Å²) in [6.07, 6.45) is 6.18. The maximum atomic E-state index is 14.1. The lowest BCUT2D eigenvalue weighted by Gasteiger charge is -2.39. The number of aromatic carboxylic acids is 1. The first-order chi connectivity index (χ1) is 17.9. The molecule has 2 saturated carbocycles. The van der Waals surface area contributed by atoms with Crippen molar-refractivity contribution in [3.8, 4) is 11.8 Å². The van der Waals surface area contributed by atoms with Gasteiger partial charge in [0.1, 0.15) is 10.1 Å². The predicted molar refractivity (Wildman–Crippen MR) is 147 cm³/mol. The van der Waals surface area contributed by atoms with Crippen molar-refractivity contribution in [1.29, 1.82) is 0 Å². The number of thiophene rings is 1. The van der Waals surface area contributed by atoms with E-state index in [1.165, 1.54) is 4.68 Å². The Morgan fingerprint density at radius 1 is 1.16 bits per heavy atom. The Hall–Kier alpha value is -2.42. The van der Waals surface area contributed by atoms with Crippen LogP contribution >= 0.6 is 11.3 Å². The molecule has 1 N–H and O–H groups in total. The fourth-order valence-corrected chi connectivity index (χ4v) is 7.54. The largest absolute Gasteiger partial charge is 0.609 e. The number of carboxylic acid groups (broad SMARTS) is 1. The lowest BCUT2D eigenvalue weighted by molar-refractivity contribution is -0.124. The van der Waals surface area contributed by atoms with Crippen LogP contribution in [-0.4, -0.2) is 53.0 Å². The monoisotopic (exact) mass is 559 g/mol. The highest BCUT2D eigenvalue weighted by atomic mass is 32.2. The molecule has 1 unspecified atom stereocenters. The number of amides is 1. The lowest BCUT2D eigenvalue weighted by atomic mass is 9.81. The molecule has 0 aromatic carbocycles. The third kappa shape index (κ3) is 6.58. The number of nitrogens with zero attached hydrogens (tertiary/aromatic N) is 5. The highest BCUT2D eigenvalue weighted by Gasteiger charge is 2.40. The summed E-state index contributed by atoms with van der Waals surface area (Å²) in [6, 6.07) is 1.62.